The van der Waals surface area contributed by atoms with Gasteiger partial charge >= 0.3 is 0 Å². The summed E-state index contributed by atoms with van der Waals surface area (Å²) in [5.74, 6) is 0. The standard InChI is InChI=1S/C24H19N/c1-15-7-3-4-8-18(15)24-16(2)11-12-17-13-21-19-9-5-6-10-22(19)25-23(21)14-20(17)24/h3-14,25H,1-2H3. The molecule has 0 unspecified atom stereocenters. The van der Waals surface area contributed by atoms with Crippen molar-refractivity contribution in [3.05, 3.63) is 83.9 Å². The number of nitrogens with one attached hydrogen (secondary N) is 1. The fraction of sp³-hybridized carbons (Fsp3) is 0.0833. The van der Waals surface area contributed by atoms with E-state index in [1.807, 2.05) is 0 Å². The molecule has 1 heteroatoms. The van der Waals surface area contributed by atoms with Crippen LogP contribution in [0.3, 0.4) is 0 Å². The second-order valence-electron chi connectivity index (χ2n) is 6.86. The van der Waals surface area contributed by atoms with Crippen molar-refractivity contribution in [3.63, 3.8) is 0 Å². The number of aromatic nitrogens is 1. The van der Waals surface area contributed by atoms with Gasteiger partial charge in [-0.2, -0.15) is 0 Å². The van der Waals surface area contributed by atoms with Gasteiger partial charge in [0.25, 0.3) is 0 Å². The monoisotopic (exact) mass is 321 g/mol. The second-order valence-corrected chi connectivity index (χ2v) is 6.86. The molecule has 1 N–H and O–H groups in total. The second kappa shape index (κ2) is 5.22. The van der Waals surface area contributed by atoms with Crippen molar-refractivity contribution in [1.29, 1.82) is 0 Å². The third-order valence-corrected chi connectivity index (χ3v) is 5.27. The highest BCUT2D eigenvalue weighted by atomic mass is 14.7. The Kier molecular flexibility index (Phi) is 2.98. The molecule has 0 aliphatic rings. The summed E-state index contributed by atoms with van der Waals surface area (Å²) >= 11 is 0. The van der Waals surface area contributed by atoms with Crippen molar-refractivity contribution >= 4 is 32.6 Å². The molecule has 120 valence electrons. The summed E-state index contributed by atoms with van der Waals surface area (Å²) in [4.78, 5) is 3.58. The van der Waals surface area contributed by atoms with E-state index in [2.05, 4.69) is 91.6 Å². The summed E-state index contributed by atoms with van der Waals surface area (Å²) in [6, 6.07) is 26.3. The third-order valence-electron chi connectivity index (χ3n) is 5.27. The number of hydrogen-bond donors (Lipinski definition) is 1. The normalized spacial score (nSPS) is 11.6. The maximum Gasteiger partial charge on any atom is 0.0471 e. The number of H-pyrrole nitrogens is 1. The number of aromatic amines is 1. The lowest BCUT2D eigenvalue weighted by molar-refractivity contribution is 1.43. The maximum absolute atomic E-state index is 3.58. The van der Waals surface area contributed by atoms with E-state index < -0.39 is 0 Å². The Morgan fingerprint density at radius 1 is 0.600 bits per heavy atom. The average Bonchev–Trinajstić information content (AvgIpc) is 2.98. The summed E-state index contributed by atoms with van der Waals surface area (Å²) in [7, 11) is 0. The number of para-hydroxylation sites is 1. The van der Waals surface area contributed by atoms with Crippen molar-refractivity contribution in [1.82, 2.24) is 4.98 Å². The first-order chi connectivity index (χ1) is 12.2. The lowest BCUT2D eigenvalue weighted by Gasteiger charge is -2.13. The molecule has 1 heterocycles. The zero-order valence-electron chi connectivity index (χ0n) is 14.4. The van der Waals surface area contributed by atoms with Crippen LogP contribution in [0.25, 0.3) is 43.7 Å². The zero-order valence-corrected chi connectivity index (χ0v) is 14.4. The molecule has 0 aliphatic carbocycles. The van der Waals surface area contributed by atoms with Crippen LogP contribution in [0.1, 0.15) is 11.1 Å². The van der Waals surface area contributed by atoms with Gasteiger partial charge in [0.05, 0.1) is 0 Å². The van der Waals surface area contributed by atoms with E-state index in [1.54, 1.807) is 0 Å². The molecular weight excluding hydrogens is 302 g/mol. The number of rotatable bonds is 1. The molecule has 25 heavy (non-hydrogen) atoms. The lowest BCUT2D eigenvalue weighted by atomic mass is 9.91. The minimum atomic E-state index is 1.20. The molecule has 0 saturated carbocycles. The van der Waals surface area contributed by atoms with Gasteiger partial charge in [-0.3, -0.25) is 0 Å². The molecule has 0 bridgehead atoms. The molecule has 0 amide bonds. The highest BCUT2D eigenvalue weighted by Gasteiger charge is 2.12. The first-order valence-electron chi connectivity index (χ1n) is 8.72. The highest BCUT2D eigenvalue weighted by molar-refractivity contribution is 6.14. The average molecular weight is 321 g/mol. The van der Waals surface area contributed by atoms with Gasteiger partial charge in [0.2, 0.25) is 0 Å². The van der Waals surface area contributed by atoms with Gasteiger partial charge in [-0.25, -0.2) is 0 Å². The number of benzene rings is 4. The highest BCUT2D eigenvalue weighted by Crippen LogP contribution is 2.37. The van der Waals surface area contributed by atoms with Crippen LogP contribution in [0.4, 0.5) is 0 Å². The van der Waals surface area contributed by atoms with Crippen LogP contribution in [0.15, 0.2) is 72.8 Å². The van der Waals surface area contributed by atoms with Crippen LogP contribution in [0.2, 0.25) is 0 Å². The van der Waals surface area contributed by atoms with Crippen LogP contribution < -0.4 is 0 Å². The molecule has 0 saturated heterocycles. The summed E-state index contributed by atoms with van der Waals surface area (Å²) in [6.07, 6.45) is 0. The van der Waals surface area contributed by atoms with Crippen molar-refractivity contribution in [2.24, 2.45) is 0 Å². The first-order valence-corrected chi connectivity index (χ1v) is 8.72. The fourth-order valence-electron chi connectivity index (χ4n) is 3.99. The quantitative estimate of drug-likeness (QED) is 0.351. The van der Waals surface area contributed by atoms with E-state index in [0.29, 0.717) is 0 Å². The Balaban J connectivity index is 1.93. The van der Waals surface area contributed by atoms with Gasteiger partial charge in [-0.1, -0.05) is 54.6 Å². The van der Waals surface area contributed by atoms with E-state index in [4.69, 9.17) is 0 Å². The van der Waals surface area contributed by atoms with E-state index >= 15 is 0 Å². The number of hydrogen-bond acceptors (Lipinski definition) is 0. The smallest absolute Gasteiger partial charge is 0.0471 e. The van der Waals surface area contributed by atoms with Crippen molar-refractivity contribution in [2.75, 3.05) is 0 Å². The molecular formula is C24H19N. The van der Waals surface area contributed by atoms with Crippen molar-refractivity contribution in [3.8, 4) is 11.1 Å². The SMILES string of the molecule is Cc1ccccc1-c1c(C)ccc2cc3c(cc12)[nH]c1ccccc13. The minimum Gasteiger partial charge on any atom is -0.354 e. The van der Waals surface area contributed by atoms with Gasteiger partial charge < -0.3 is 4.98 Å². The van der Waals surface area contributed by atoms with Crippen LogP contribution in [0.5, 0.6) is 0 Å². The van der Waals surface area contributed by atoms with Crippen molar-refractivity contribution < 1.29 is 0 Å². The Morgan fingerprint density at radius 3 is 2.28 bits per heavy atom. The topological polar surface area (TPSA) is 15.8 Å². The molecule has 0 fully saturated rings. The largest absolute Gasteiger partial charge is 0.354 e. The minimum absolute atomic E-state index is 1.20. The first kappa shape index (κ1) is 14.3. The Hall–Kier alpha value is -3.06. The fourth-order valence-corrected chi connectivity index (χ4v) is 3.99. The number of fused-ring (bicyclic) bond motifs is 4. The van der Waals surface area contributed by atoms with E-state index in [1.165, 1.54) is 54.8 Å². The van der Waals surface area contributed by atoms with Gasteiger partial charge in [-0.15, -0.1) is 0 Å². The molecule has 5 aromatic rings. The molecule has 0 atom stereocenters. The molecule has 5 rings (SSSR count). The molecule has 0 aliphatic heterocycles. The van der Waals surface area contributed by atoms with Crippen LogP contribution in [0, 0.1) is 13.8 Å². The summed E-state index contributed by atoms with van der Waals surface area (Å²) in [5, 5.41) is 5.19. The van der Waals surface area contributed by atoms with Gasteiger partial charge in [0.15, 0.2) is 0 Å². The Labute approximate surface area is 146 Å². The van der Waals surface area contributed by atoms with E-state index in [0.717, 1.165) is 0 Å². The van der Waals surface area contributed by atoms with Crippen LogP contribution in [-0.2, 0) is 0 Å². The predicted molar refractivity (Wildman–Crippen MR) is 108 cm³/mol. The zero-order chi connectivity index (χ0) is 17.0. The Bertz CT molecular complexity index is 1260. The predicted octanol–water partition coefficient (Wildman–Crippen LogP) is 6.76. The number of aryl methyl sites for hydroxylation is 2. The van der Waals surface area contributed by atoms with Gasteiger partial charge in [0.1, 0.15) is 0 Å². The lowest BCUT2D eigenvalue weighted by Crippen LogP contribution is -1.89. The van der Waals surface area contributed by atoms with Crippen LogP contribution >= 0.6 is 0 Å². The maximum atomic E-state index is 3.58. The van der Waals surface area contributed by atoms with Crippen LogP contribution in [-0.4, -0.2) is 4.98 Å². The Morgan fingerprint density at radius 2 is 1.40 bits per heavy atom. The van der Waals surface area contributed by atoms with Crippen molar-refractivity contribution in [2.45, 2.75) is 13.8 Å². The molecule has 1 nitrogen and oxygen atoms in total. The van der Waals surface area contributed by atoms with E-state index in [-0.39, 0.29) is 0 Å². The summed E-state index contributed by atoms with van der Waals surface area (Å²) in [5.41, 5.74) is 7.69. The molecule has 1 aromatic heterocycles. The summed E-state index contributed by atoms with van der Waals surface area (Å²) in [6.45, 7) is 4.39. The molecule has 0 spiro atoms. The molecule has 0 radical (unpaired) electrons. The van der Waals surface area contributed by atoms with Gasteiger partial charge in [-0.05, 0) is 65.1 Å². The van der Waals surface area contributed by atoms with Gasteiger partial charge in [0, 0.05) is 21.8 Å². The summed E-state index contributed by atoms with van der Waals surface area (Å²) < 4.78 is 0. The third kappa shape index (κ3) is 2.09. The molecule has 4 aromatic carbocycles. The van der Waals surface area contributed by atoms with E-state index in [9.17, 15) is 0 Å².